The lowest BCUT2D eigenvalue weighted by Gasteiger charge is -2.44. The van der Waals surface area contributed by atoms with Gasteiger partial charge in [0.1, 0.15) is 0 Å². The summed E-state index contributed by atoms with van der Waals surface area (Å²) in [6.07, 6.45) is 0. The average Bonchev–Trinajstić information content (AvgIpc) is 0.771. The van der Waals surface area contributed by atoms with Gasteiger partial charge in [-0.3, -0.25) is 0 Å². The zero-order valence-electron chi connectivity index (χ0n) is 74.7. The maximum atomic E-state index is 2.76. The van der Waals surface area contributed by atoms with Crippen LogP contribution >= 0.6 is 0 Å². The van der Waals surface area contributed by atoms with Crippen molar-refractivity contribution in [2.24, 2.45) is 0 Å². The third kappa shape index (κ3) is 14.1. The first kappa shape index (κ1) is 80.4. The van der Waals surface area contributed by atoms with Crippen molar-refractivity contribution in [2.75, 3.05) is 4.90 Å². The van der Waals surface area contributed by atoms with Crippen molar-refractivity contribution in [3.63, 3.8) is 0 Å². The van der Waals surface area contributed by atoms with Crippen molar-refractivity contribution in [3.05, 3.63) is 367 Å². The van der Waals surface area contributed by atoms with E-state index in [-0.39, 0.29) is 42.2 Å². The molecule has 1 unspecified atom stereocenters. The molecular weight excluding hydrogens is 1430 g/mol. The summed E-state index contributed by atoms with van der Waals surface area (Å²) >= 11 is 0. The summed E-state index contributed by atoms with van der Waals surface area (Å²) in [5, 5.41) is 0. The molecule has 0 bridgehead atoms. The van der Waals surface area contributed by atoms with Crippen LogP contribution in [0.5, 0.6) is 0 Å². The quantitative estimate of drug-likeness (QED) is 0.0730. The zero-order valence-corrected chi connectivity index (χ0v) is 74.7. The summed E-state index contributed by atoms with van der Waals surface area (Å²) in [6, 6.07) is 105. The van der Waals surface area contributed by atoms with Crippen LogP contribution in [0, 0.1) is 27.7 Å². The molecule has 2 heterocycles. The minimum Gasteiger partial charge on any atom is -0.311 e. The first-order valence-corrected chi connectivity index (χ1v) is 44.7. The van der Waals surface area contributed by atoms with E-state index in [1.807, 2.05) is 0 Å². The van der Waals surface area contributed by atoms with E-state index >= 15 is 0 Å². The van der Waals surface area contributed by atoms with E-state index in [4.69, 9.17) is 0 Å². The molecule has 1 aliphatic carbocycles. The number of rotatable bonds is 19. The van der Waals surface area contributed by atoms with E-state index in [9.17, 15) is 0 Å². The van der Waals surface area contributed by atoms with Crippen molar-refractivity contribution in [2.45, 2.75) is 217 Å². The van der Waals surface area contributed by atoms with E-state index in [0.717, 1.165) is 5.69 Å². The summed E-state index contributed by atoms with van der Waals surface area (Å²) < 4.78 is 0. The van der Waals surface area contributed by atoms with Gasteiger partial charge in [-0.25, -0.2) is 0 Å². The molecule has 14 aromatic carbocycles. The van der Waals surface area contributed by atoms with Gasteiger partial charge in [0.05, 0.1) is 0 Å². The van der Waals surface area contributed by atoms with E-state index < -0.39 is 0 Å². The monoisotopic (exact) mass is 1550 g/mol. The van der Waals surface area contributed by atoms with Crippen molar-refractivity contribution in [1.29, 1.82) is 0 Å². The maximum Gasteiger partial charge on any atom is 0.247 e. The molecule has 17 rings (SSSR count). The Labute approximate surface area is 713 Å². The Hall–Kier alpha value is -11.1. The Morgan fingerprint density at radius 1 is 0.244 bits per heavy atom. The van der Waals surface area contributed by atoms with Crippen molar-refractivity contribution in [1.82, 2.24) is 0 Å². The molecule has 0 spiro atoms. The van der Waals surface area contributed by atoms with Crippen LogP contribution in [-0.4, -0.2) is 6.71 Å². The Bertz CT molecular complexity index is 5980. The zero-order chi connectivity index (χ0) is 83.6. The number of aryl methyl sites for hydroxylation is 4. The van der Waals surface area contributed by atoms with Gasteiger partial charge >= 0.3 is 0 Å². The van der Waals surface area contributed by atoms with Crippen LogP contribution in [0.3, 0.4) is 0 Å². The molecule has 0 N–H and O–H groups in total. The van der Waals surface area contributed by atoms with Crippen LogP contribution < -0.4 is 21.3 Å². The van der Waals surface area contributed by atoms with Gasteiger partial charge in [0.25, 0.3) is 0 Å². The highest BCUT2D eigenvalue weighted by Crippen LogP contribution is 2.56. The fourth-order valence-corrected chi connectivity index (χ4v) is 21.1. The largest absolute Gasteiger partial charge is 0.311 e. The van der Waals surface area contributed by atoms with Crippen LogP contribution in [0.2, 0.25) is 0 Å². The van der Waals surface area contributed by atoms with Crippen LogP contribution in [0.1, 0.15) is 295 Å². The number of benzene rings is 14. The normalized spacial score (nSPS) is 13.7. The van der Waals surface area contributed by atoms with Gasteiger partial charge in [0, 0.05) is 28.9 Å². The molecule has 596 valence electrons. The molecule has 0 saturated heterocycles. The minimum absolute atomic E-state index is 0.0734. The molecule has 14 aromatic rings. The fraction of sp³-hybridized carbons (Fsp3) is 0.282. The van der Waals surface area contributed by atoms with Crippen LogP contribution in [0.4, 0.5) is 17.1 Å². The molecule has 0 radical (unpaired) electrons. The molecule has 1 atom stereocenters. The standard InChI is InChI=1S/C117H120BN/c1-66(2)86-57-95(69(7)8)111(96(58-86)70(9)10)81-42-48-90(49-43-81)119-107-53-47-85(113-97(71(11)12)59-87(67(3)4)60-98(113)72(13)14)64-106(107)118-105-52-46-84(112-93-50-44-82(109-75(19)32-29-33-76(109)20)54-101(93)102-55-83(45-51-94(102)112)110-77(21)34-30-35-78(110)22)56-103(105)116(115-91(79-36-25-23-26-37-79)40-31-41-92(115)80-38-27-24-28-39-80)104-63-89(65-108(119)117(104)118)114-99(73(15)16)61-88(68(5)6)62-100(114)74(17)18/h23-74,112,116H,1-22H3. The lowest BCUT2D eigenvalue weighted by Crippen LogP contribution is -2.62. The maximum absolute atomic E-state index is 2.76. The Balaban J connectivity index is 1.03. The van der Waals surface area contributed by atoms with E-state index in [2.05, 4.69) is 418 Å². The average molecular weight is 1550 g/mol. The molecule has 0 amide bonds. The second-order valence-electron chi connectivity index (χ2n) is 38.1. The summed E-state index contributed by atoms with van der Waals surface area (Å²) in [5.74, 6) is 2.51. The van der Waals surface area contributed by atoms with Crippen LogP contribution in [-0.2, 0) is 0 Å². The highest BCUT2D eigenvalue weighted by molar-refractivity contribution is 6.99. The molecule has 0 saturated carbocycles. The topological polar surface area (TPSA) is 3.24 Å². The van der Waals surface area contributed by atoms with Gasteiger partial charge in [-0.05, 0) is 323 Å². The van der Waals surface area contributed by atoms with Crippen molar-refractivity contribution in [3.8, 4) is 89.0 Å². The lowest BCUT2D eigenvalue weighted by atomic mass is 9.30. The van der Waals surface area contributed by atoms with Crippen LogP contribution in [0.25, 0.3) is 89.0 Å². The third-order valence-electron chi connectivity index (χ3n) is 27.2. The molecule has 0 aromatic heterocycles. The Morgan fingerprint density at radius 2 is 0.630 bits per heavy atom. The molecule has 2 aliphatic heterocycles. The van der Waals surface area contributed by atoms with Gasteiger partial charge < -0.3 is 4.90 Å². The number of fused-ring (bicyclic) bond motifs is 7. The van der Waals surface area contributed by atoms with Gasteiger partial charge in [-0.15, -0.1) is 0 Å². The summed E-state index contributed by atoms with van der Waals surface area (Å²) in [7, 11) is 0. The van der Waals surface area contributed by atoms with Gasteiger partial charge in [-0.2, -0.15) is 0 Å². The number of anilines is 3. The number of hydrogen-bond acceptors (Lipinski definition) is 1. The summed E-state index contributed by atoms with van der Waals surface area (Å²) in [4.78, 5) is 2.74. The summed E-state index contributed by atoms with van der Waals surface area (Å²) in [6.45, 7) is 52.0. The van der Waals surface area contributed by atoms with Gasteiger partial charge in [0.15, 0.2) is 0 Å². The molecule has 2 heteroatoms. The second-order valence-corrected chi connectivity index (χ2v) is 38.1. The molecule has 119 heavy (non-hydrogen) atoms. The predicted molar refractivity (Wildman–Crippen MR) is 516 cm³/mol. The predicted octanol–water partition coefficient (Wildman–Crippen LogP) is 31.7. The highest BCUT2D eigenvalue weighted by Gasteiger charge is 2.47. The molecule has 1 nitrogen and oxygen atoms in total. The smallest absolute Gasteiger partial charge is 0.247 e. The fourth-order valence-electron chi connectivity index (χ4n) is 21.1. The van der Waals surface area contributed by atoms with E-state index in [0.29, 0.717) is 29.6 Å². The van der Waals surface area contributed by atoms with Crippen LogP contribution in [0.15, 0.2) is 261 Å². The first-order chi connectivity index (χ1) is 57.1. The Morgan fingerprint density at radius 3 is 1.05 bits per heavy atom. The number of nitrogens with zero attached hydrogens (tertiary/aromatic N) is 1. The van der Waals surface area contributed by atoms with E-state index in [1.54, 1.807) is 0 Å². The third-order valence-corrected chi connectivity index (χ3v) is 27.2. The molecule has 0 fully saturated rings. The first-order valence-electron chi connectivity index (χ1n) is 44.7. The van der Waals surface area contributed by atoms with Gasteiger partial charge in [-0.1, -0.05) is 355 Å². The minimum atomic E-state index is -0.282. The number of hydrogen-bond donors (Lipinski definition) is 0. The lowest BCUT2D eigenvalue weighted by molar-refractivity contribution is 0.807. The summed E-state index contributed by atoms with van der Waals surface area (Å²) in [5.41, 5.74) is 54.2. The van der Waals surface area contributed by atoms with Crippen molar-refractivity contribution < 1.29 is 0 Å². The van der Waals surface area contributed by atoms with Gasteiger partial charge in [0.2, 0.25) is 6.71 Å². The Kier molecular flexibility index (Phi) is 21.6. The highest BCUT2D eigenvalue weighted by atomic mass is 15.2. The van der Waals surface area contributed by atoms with E-state index in [1.165, 1.54) is 222 Å². The second kappa shape index (κ2) is 31.9. The SMILES string of the molecule is Cc1cccc(C)c1-c1ccc2c(c1)-c1cc(-c3c(C)cccc3C)ccc1C2c1ccc2c(c1)C(c1c(-c3ccccc3)cccc1-c1ccccc1)c1cc(-c3c(C(C)C)cc(C(C)C)cc3C(C)C)cc3c1B2c1cc(-c2c(C(C)C)cc(C(C)C)cc2C(C)C)ccc1N3c1ccc(-c2c(C(C)C)cc(C(C)C)cc2C(C)C)cc1. The molecular formula is C117H120BN. The van der Waals surface area contributed by atoms with Crippen molar-refractivity contribution >= 4 is 40.2 Å². The molecule has 3 aliphatic rings.